The summed E-state index contributed by atoms with van der Waals surface area (Å²) in [5, 5.41) is 8.26. The van der Waals surface area contributed by atoms with E-state index in [0.29, 0.717) is 5.56 Å². The summed E-state index contributed by atoms with van der Waals surface area (Å²) in [4.78, 5) is 12.1. The van der Waals surface area contributed by atoms with Crippen LogP contribution in [-0.4, -0.2) is 21.9 Å². The molecule has 0 aliphatic heterocycles. The zero-order valence-corrected chi connectivity index (χ0v) is 14.4. The topological polar surface area (TPSA) is 59.3 Å². The predicted molar refractivity (Wildman–Crippen MR) is 92.8 cm³/mol. The first-order valence-electron chi connectivity index (χ1n) is 7.79. The summed E-state index contributed by atoms with van der Waals surface area (Å²) in [7, 11) is 0. The van der Waals surface area contributed by atoms with Crippen molar-refractivity contribution in [3.05, 3.63) is 52.8 Å². The smallest absolute Gasteiger partial charge is 0.269 e. The molecule has 23 heavy (non-hydrogen) atoms. The van der Waals surface area contributed by atoms with E-state index in [1.165, 1.54) is 5.56 Å². The quantitative estimate of drug-likeness (QED) is 0.696. The maximum absolute atomic E-state index is 12.1. The number of benzene rings is 1. The van der Waals surface area contributed by atoms with Crippen molar-refractivity contribution < 1.29 is 4.79 Å². The largest absolute Gasteiger partial charge is 0.271 e. The molecule has 1 amide bonds. The first-order valence-corrected chi connectivity index (χ1v) is 7.79. The molecule has 0 aliphatic carbocycles. The van der Waals surface area contributed by atoms with Gasteiger partial charge in [-0.25, -0.2) is 5.43 Å². The minimum Gasteiger partial charge on any atom is -0.269 e. The number of amides is 1. The maximum atomic E-state index is 12.1. The average Bonchev–Trinajstić information content (AvgIpc) is 2.87. The molecule has 2 aromatic rings. The minimum atomic E-state index is -0.220. The van der Waals surface area contributed by atoms with Crippen molar-refractivity contribution in [2.24, 2.45) is 5.10 Å². The van der Waals surface area contributed by atoms with E-state index in [1.807, 2.05) is 42.8 Å². The summed E-state index contributed by atoms with van der Waals surface area (Å²) in [5.41, 5.74) is 6.34. The Morgan fingerprint density at radius 1 is 1.30 bits per heavy atom. The molecule has 0 saturated heterocycles. The third-order valence-corrected chi connectivity index (χ3v) is 3.82. The number of nitrogens with zero attached hydrogens (tertiary/aromatic N) is 3. The van der Waals surface area contributed by atoms with Crippen molar-refractivity contribution in [2.45, 2.75) is 46.6 Å². The van der Waals surface area contributed by atoms with Crippen LogP contribution in [0.2, 0.25) is 0 Å². The fourth-order valence-electron chi connectivity index (χ4n) is 2.25. The van der Waals surface area contributed by atoms with E-state index in [4.69, 9.17) is 0 Å². The molecule has 0 atom stereocenters. The highest BCUT2D eigenvalue weighted by atomic mass is 16.2. The van der Waals surface area contributed by atoms with Crippen LogP contribution in [0.4, 0.5) is 0 Å². The van der Waals surface area contributed by atoms with E-state index in [-0.39, 0.29) is 11.3 Å². The van der Waals surface area contributed by atoms with Crippen LogP contribution in [0, 0.1) is 6.92 Å². The molecule has 0 bridgehead atoms. The lowest BCUT2D eigenvalue weighted by Crippen LogP contribution is -2.18. The van der Waals surface area contributed by atoms with E-state index < -0.39 is 0 Å². The van der Waals surface area contributed by atoms with Crippen molar-refractivity contribution in [3.63, 3.8) is 0 Å². The number of aryl methyl sites for hydroxylation is 1. The molecular weight excluding hydrogens is 288 g/mol. The van der Waals surface area contributed by atoms with Gasteiger partial charge in [-0.2, -0.15) is 10.2 Å². The molecule has 1 N–H and O–H groups in total. The number of aromatic nitrogens is 2. The van der Waals surface area contributed by atoms with Gasteiger partial charge in [0.25, 0.3) is 5.91 Å². The maximum Gasteiger partial charge on any atom is 0.271 e. The van der Waals surface area contributed by atoms with Crippen LogP contribution in [-0.2, 0) is 12.0 Å². The van der Waals surface area contributed by atoms with E-state index in [2.05, 4.69) is 36.4 Å². The molecule has 1 aromatic heterocycles. The highest BCUT2D eigenvalue weighted by Gasteiger charge is 2.14. The second kappa shape index (κ2) is 6.77. The van der Waals surface area contributed by atoms with Crippen LogP contribution < -0.4 is 5.43 Å². The van der Waals surface area contributed by atoms with E-state index in [1.54, 1.807) is 12.4 Å². The molecule has 0 fully saturated rings. The number of hydrogen-bond donors (Lipinski definition) is 1. The SMILES string of the molecule is CCn1ncc(/C=N/NC(=O)c2ccc(C(C)(C)C)cc2)c1C. The summed E-state index contributed by atoms with van der Waals surface area (Å²) >= 11 is 0. The Hall–Kier alpha value is -2.43. The van der Waals surface area contributed by atoms with Crippen LogP contribution in [0.15, 0.2) is 35.6 Å². The summed E-state index contributed by atoms with van der Waals surface area (Å²) in [5.74, 6) is -0.220. The monoisotopic (exact) mass is 312 g/mol. The number of nitrogens with one attached hydrogen (secondary N) is 1. The Morgan fingerprint density at radius 3 is 2.48 bits per heavy atom. The van der Waals surface area contributed by atoms with Crippen molar-refractivity contribution in [2.75, 3.05) is 0 Å². The van der Waals surface area contributed by atoms with Crippen LogP contribution in [0.1, 0.15) is 54.9 Å². The van der Waals surface area contributed by atoms with Gasteiger partial charge in [0.1, 0.15) is 0 Å². The van der Waals surface area contributed by atoms with Gasteiger partial charge in [-0.3, -0.25) is 9.48 Å². The zero-order chi connectivity index (χ0) is 17.0. The van der Waals surface area contributed by atoms with Gasteiger partial charge in [0.15, 0.2) is 0 Å². The van der Waals surface area contributed by atoms with Gasteiger partial charge in [-0.05, 0) is 37.0 Å². The summed E-state index contributed by atoms with van der Waals surface area (Å²) in [6.07, 6.45) is 3.36. The fraction of sp³-hybridized carbons (Fsp3) is 0.389. The number of carbonyl (C=O) groups is 1. The number of rotatable bonds is 4. The highest BCUT2D eigenvalue weighted by Crippen LogP contribution is 2.22. The van der Waals surface area contributed by atoms with E-state index >= 15 is 0 Å². The van der Waals surface area contributed by atoms with E-state index in [9.17, 15) is 4.79 Å². The van der Waals surface area contributed by atoms with Gasteiger partial charge >= 0.3 is 0 Å². The fourth-order valence-corrected chi connectivity index (χ4v) is 2.25. The second-order valence-corrected chi connectivity index (χ2v) is 6.53. The predicted octanol–water partition coefficient (Wildman–Crippen LogP) is 3.27. The molecule has 0 saturated carbocycles. The lowest BCUT2D eigenvalue weighted by Gasteiger charge is -2.18. The van der Waals surface area contributed by atoms with Gasteiger partial charge in [0.2, 0.25) is 0 Å². The molecule has 5 nitrogen and oxygen atoms in total. The summed E-state index contributed by atoms with van der Waals surface area (Å²) in [6.45, 7) is 11.3. The normalized spacial score (nSPS) is 11.9. The van der Waals surface area contributed by atoms with Crippen LogP contribution >= 0.6 is 0 Å². The molecule has 0 radical (unpaired) electrons. The Labute approximate surface area is 137 Å². The minimum absolute atomic E-state index is 0.0735. The molecule has 1 heterocycles. The van der Waals surface area contributed by atoms with E-state index in [0.717, 1.165) is 17.8 Å². The van der Waals surface area contributed by atoms with Crippen LogP contribution in [0.3, 0.4) is 0 Å². The van der Waals surface area contributed by atoms with Gasteiger partial charge in [0.05, 0.1) is 12.4 Å². The number of hydrazone groups is 1. The lowest BCUT2D eigenvalue weighted by atomic mass is 9.87. The van der Waals surface area contributed by atoms with Crippen molar-refractivity contribution in [1.82, 2.24) is 15.2 Å². The lowest BCUT2D eigenvalue weighted by molar-refractivity contribution is 0.0955. The molecule has 122 valence electrons. The summed E-state index contributed by atoms with van der Waals surface area (Å²) < 4.78 is 1.88. The third kappa shape index (κ3) is 4.06. The summed E-state index contributed by atoms with van der Waals surface area (Å²) in [6, 6.07) is 7.61. The second-order valence-electron chi connectivity index (χ2n) is 6.53. The van der Waals surface area contributed by atoms with Crippen molar-refractivity contribution in [3.8, 4) is 0 Å². The van der Waals surface area contributed by atoms with Gasteiger partial charge < -0.3 is 0 Å². The Morgan fingerprint density at radius 2 is 1.96 bits per heavy atom. The number of carbonyl (C=O) groups excluding carboxylic acids is 1. The van der Waals surface area contributed by atoms with Gasteiger partial charge in [-0.15, -0.1) is 0 Å². The average molecular weight is 312 g/mol. The molecule has 2 rings (SSSR count). The Kier molecular flexibility index (Phi) is 4.98. The molecule has 0 unspecified atom stereocenters. The first kappa shape index (κ1) is 16.9. The van der Waals surface area contributed by atoms with Crippen LogP contribution in [0.5, 0.6) is 0 Å². The van der Waals surface area contributed by atoms with Crippen molar-refractivity contribution >= 4 is 12.1 Å². The molecule has 0 spiro atoms. The molecule has 1 aromatic carbocycles. The molecular formula is C18H24N4O. The Balaban J connectivity index is 2.02. The molecule has 0 aliphatic rings. The zero-order valence-electron chi connectivity index (χ0n) is 14.4. The third-order valence-electron chi connectivity index (χ3n) is 3.82. The first-order chi connectivity index (χ1) is 10.8. The molecule has 5 heteroatoms. The van der Waals surface area contributed by atoms with Gasteiger partial charge in [-0.1, -0.05) is 32.9 Å². The Bertz CT molecular complexity index is 706. The highest BCUT2D eigenvalue weighted by molar-refractivity contribution is 5.95. The van der Waals surface area contributed by atoms with Crippen molar-refractivity contribution in [1.29, 1.82) is 0 Å². The number of hydrogen-bond acceptors (Lipinski definition) is 3. The van der Waals surface area contributed by atoms with Crippen LogP contribution in [0.25, 0.3) is 0 Å². The standard InChI is InChI=1S/C18H24N4O/c1-6-22-13(2)15(12-20-22)11-19-21-17(23)14-7-9-16(10-8-14)18(3,4)5/h7-12H,6H2,1-5H3,(H,21,23)/b19-11+. The van der Waals surface area contributed by atoms with Gasteiger partial charge in [0, 0.05) is 23.4 Å².